The Labute approximate surface area is 110 Å². The number of ether oxygens (including phenoxy) is 1. The number of nitro groups is 1. The molecule has 102 valence electrons. The average molecular weight is 265 g/mol. The molecule has 2 N–H and O–H groups in total. The minimum atomic E-state index is -0.564. The van der Waals surface area contributed by atoms with Crippen LogP contribution in [0.15, 0.2) is 18.2 Å². The molecule has 19 heavy (non-hydrogen) atoms. The van der Waals surface area contributed by atoms with E-state index in [1.165, 1.54) is 25.3 Å². The summed E-state index contributed by atoms with van der Waals surface area (Å²) in [4.78, 5) is 24.2. The Morgan fingerprint density at radius 1 is 1.58 bits per heavy atom. The first-order valence-corrected chi connectivity index (χ1v) is 5.91. The van der Waals surface area contributed by atoms with Gasteiger partial charge in [0.2, 0.25) is 5.75 Å². The van der Waals surface area contributed by atoms with E-state index < -0.39 is 4.92 Å². The molecule has 1 fully saturated rings. The highest BCUT2D eigenvalue weighted by Crippen LogP contribution is 2.31. The molecular formula is C12H15N3O4. The maximum atomic E-state index is 12.3. The van der Waals surface area contributed by atoms with E-state index in [2.05, 4.69) is 0 Å². The van der Waals surface area contributed by atoms with Gasteiger partial charge in [0.25, 0.3) is 5.91 Å². The van der Waals surface area contributed by atoms with Gasteiger partial charge in [0.1, 0.15) is 0 Å². The van der Waals surface area contributed by atoms with Gasteiger partial charge in [-0.15, -0.1) is 0 Å². The Morgan fingerprint density at radius 3 is 2.84 bits per heavy atom. The molecule has 0 bridgehead atoms. The molecule has 2 rings (SSSR count). The molecule has 1 aliphatic rings. The van der Waals surface area contributed by atoms with Gasteiger partial charge in [0.05, 0.1) is 17.6 Å². The number of carbonyl (C=O) groups excluding carboxylic acids is 1. The standard InChI is InChI=1S/C12H15N3O4/c1-19-11-9(3-2-4-10(11)15(17)18)12(16)14-6-5-8(13)7-14/h2-4,8H,5-7,13H2,1H3. The summed E-state index contributed by atoms with van der Waals surface area (Å²) in [7, 11) is 1.31. The van der Waals surface area contributed by atoms with Crippen molar-refractivity contribution in [3.05, 3.63) is 33.9 Å². The van der Waals surface area contributed by atoms with Gasteiger partial charge >= 0.3 is 5.69 Å². The van der Waals surface area contributed by atoms with Crippen LogP contribution in [0.5, 0.6) is 5.75 Å². The largest absolute Gasteiger partial charge is 0.490 e. The topological polar surface area (TPSA) is 98.7 Å². The zero-order chi connectivity index (χ0) is 14.0. The second kappa shape index (κ2) is 5.23. The second-order valence-corrected chi connectivity index (χ2v) is 4.41. The molecule has 1 amide bonds. The van der Waals surface area contributed by atoms with Crippen LogP contribution in [0.3, 0.4) is 0 Å². The van der Waals surface area contributed by atoms with Gasteiger partial charge in [0, 0.05) is 25.2 Å². The summed E-state index contributed by atoms with van der Waals surface area (Å²) >= 11 is 0. The van der Waals surface area contributed by atoms with Crippen molar-refractivity contribution in [2.45, 2.75) is 12.5 Å². The van der Waals surface area contributed by atoms with Crippen molar-refractivity contribution in [1.82, 2.24) is 4.90 Å². The molecule has 7 nitrogen and oxygen atoms in total. The van der Waals surface area contributed by atoms with Gasteiger partial charge in [-0.25, -0.2) is 0 Å². The summed E-state index contributed by atoms with van der Waals surface area (Å²) in [6, 6.07) is 4.28. The van der Waals surface area contributed by atoms with E-state index in [1.54, 1.807) is 4.90 Å². The van der Waals surface area contributed by atoms with Crippen molar-refractivity contribution in [3.8, 4) is 5.75 Å². The molecule has 0 aliphatic carbocycles. The number of nitro benzene ring substituents is 1. The van der Waals surface area contributed by atoms with Gasteiger partial charge in [-0.3, -0.25) is 14.9 Å². The number of amides is 1. The quantitative estimate of drug-likeness (QED) is 0.643. The Bertz CT molecular complexity index is 518. The maximum absolute atomic E-state index is 12.3. The van der Waals surface area contributed by atoms with Crippen molar-refractivity contribution in [3.63, 3.8) is 0 Å². The highest BCUT2D eigenvalue weighted by molar-refractivity contribution is 5.98. The summed E-state index contributed by atoms with van der Waals surface area (Å²) in [6.45, 7) is 1.02. The number of rotatable bonds is 3. The number of hydrogen-bond donors (Lipinski definition) is 1. The molecule has 1 heterocycles. The van der Waals surface area contributed by atoms with Crippen molar-refractivity contribution in [1.29, 1.82) is 0 Å². The lowest BCUT2D eigenvalue weighted by Gasteiger charge is -2.17. The molecule has 0 radical (unpaired) electrons. The second-order valence-electron chi connectivity index (χ2n) is 4.41. The smallest absolute Gasteiger partial charge is 0.311 e. The Morgan fingerprint density at radius 2 is 2.32 bits per heavy atom. The third kappa shape index (κ3) is 2.50. The van der Waals surface area contributed by atoms with Crippen molar-refractivity contribution >= 4 is 11.6 Å². The van der Waals surface area contributed by atoms with E-state index in [0.29, 0.717) is 13.1 Å². The lowest BCUT2D eigenvalue weighted by molar-refractivity contribution is -0.385. The van der Waals surface area contributed by atoms with Crippen molar-refractivity contribution in [2.24, 2.45) is 5.73 Å². The summed E-state index contributed by atoms with van der Waals surface area (Å²) < 4.78 is 5.02. The highest BCUT2D eigenvalue weighted by atomic mass is 16.6. The van der Waals surface area contributed by atoms with Crippen molar-refractivity contribution < 1.29 is 14.5 Å². The monoisotopic (exact) mass is 265 g/mol. The molecule has 0 aromatic heterocycles. The third-order valence-corrected chi connectivity index (χ3v) is 3.14. The fourth-order valence-electron chi connectivity index (χ4n) is 2.19. The molecule has 1 aromatic carbocycles. The predicted molar refractivity (Wildman–Crippen MR) is 68.1 cm³/mol. The fourth-order valence-corrected chi connectivity index (χ4v) is 2.19. The molecule has 0 saturated carbocycles. The number of benzene rings is 1. The lowest BCUT2D eigenvalue weighted by atomic mass is 10.1. The average Bonchev–Trinajstić information content (AvgIpc) is 2.83. The summed E-state index contributed by atoms with van der Waals surface area (Å²) in [5.74, 6) is -0.286. The first-order valence-electron chi connectivity index (χ1n) is 5.91. The van der Waals surface area contributed by atoms with E-state index in [1.807, 2.05) is 0 Å². The van der Waals surface area contributed by atoms with Gasteiger partial charge in [-0.1, -0.05) is 6.07 Å². The SMILES string of the molecule is COc1c(C(=O)N2CCC(N)C2)cccc1[N+](=O)[O-]. The molecule has 1 saturated heterocycles. The number of nitrogens with zero attached hydrogens (tertiary/aromatic N) is 2. The molecular weight excluding hydrogens is 250 g/mol. The predicted octanol–water partition coefficient (Wildman–Crippen LogP) is 0.777. The van der Waals surface area contributed by atoms with E-state index in [4.69, 9.17) is 10.5 Å². The van der Waals surface area contributed by atoms with Crippen LogP contribution >= 0.6 is 0 Å². The molecule has 1 atom stereocenters. The summed E-state index contributed by atoms with van der Waals surface area (Å²) in [5.41, 5.74) is 5.74. The van der Waals surface area contributed by atoms with Crippen LogP contribution in [0.2, 0.25) is 0 Å². The van der Waals surface area contributed by atoms with Crippen LogP contribution in [-0.2, 0) is 0 Å². The highest BCUT2D eigenvalue weighted by Gasteiger charge is 2.29. The first-order chi connectivity index (χ1) is 9.04. The Kier molecular flexibility index (Phi) is 3.66. The molecule has 1 aliphatic heterocycles. The van der Waals surface area contributed by atoms with E-state index in [9.17, 15) is 14.9 Å². The zero-order valence-electron chi connectivity index (χ0n) is 10.5. The number of hydrogen-bond acceptors (Lipinski definition) is 5. The van der Waals surface area contributed by atoms with Gasteiger partial charge in [0.15, 0.2) is 0 Å². The van der Waals surface area contributed by atoms with E-state index in [0.717, 1.165) is 6.42 Å². The molecule has 0 spiro atoms. The number of para-hydroxylation sites is 1. The van der Waals surface area contributed by atoms with Gasteiger partial charge in [-0.05, 0) is 12.5 Å². The number of methoxy groups -OCH3 is 1. The van der Waals surface area contributed by atoms with Crippen LogP contribution in [0.1, 0.15) is 16.8 Å². The van der Waals surface area contributed by atoms with E-state index >= 15 is 0 Å². The summed E-state index contributed by atoms with van der Waals surface area (Å²) in [6.07, 6.45) is 0.739. The van der Waals surface area contributed by atoms with Crippen LogP contribution < -0.4 is 10.5 Å². The summed E-state index contributed by atoms with van der Waals surface area (Å²) in [5, 5.41) is 10.9. The number of likely N-dealkylation sites (tertiary alicyclic amines) is 1. The molecule has 1 aromatic rings. The zero-order valence-corrected chi connectivity index (χ0v) is 10.5. The Balaban J connectivity index is 2.36. The normalized spacial score (nSPS) is 18.4. The first kappa shape index (κ1) is 13.3. The minimum Gasteiger partial charge on any atom is -0.490 e. The van der Waals surface area contributed by atoms with Gasteiger partial charge < -0.3 is 15.4 Å². The van der Waals surface area contributed by atoms with Crippen LogP contribution in [-0.4, -0.2) is 42.0 Å². The third-order valence-electron chi connectivity index (χ3n) is 3.14. The number of nitrogens with two attached hydrogens (primary N) is 1. The van der Waals surface area contributed by atoms with E-state index in [-0.39, 0.29) is 28.9 Å². The van der Waals surface area contributed by atoms with Crippen LogP contribution in [0.4, 0.5) is 5.69 Å². The van der Waals surface area contributed by atoms with Gasteiger partial charge in [-0.2, -0.15) is 0 Å². The molecule has 1 unspecified atom stereocenters. The van der Waals surface area contributed by atoms with Crippen molar-refractivity contribution in [2.75, 3.05) is 20.2 Å². The fraction of sp³-hybridized carbons (Fsp3) is 0.417. The van der Waals surface area contributed by atoms with Crippen LogP contribution in [0, 0.1) is 10.1 Å². The van der Waals surface area contributed by atoms with Crippen LogP contribution in [0.25, 0.3) is 0 Å². The lowest BCUT2D eigenvalue weighted by Crippen LogP contribution is -2.32. The molecule has 7 heteroatoms. The minimum absolute atomic E-state index is 0.00188. The number of carbonyl (C=O) groups is 1. The Hall–Kier alpha value is -2.15. The maximum Gasteiger partial charge on any atom is 0.311 e.